The Morgan fingerprint density at radius 3 is 2.50 bits per heavy atom. The predicted molar refractivity (Wildman–Crippen MR) is 106 cm³/mol. The standard InChI is InChI=1S/C21H26N6O/c1-14(15-7-9-17(10-8-15)26-13-22-12-23-26)24-20(28)18-11-19(16-5-6-16)27(25-18)21(2,3)4/h7-14,16H,5-6H2,1-4H3,(H,24,28). The number of amides is 1. The zero-order valence-electron chi connectivity index (χ0n) is 16.8. The summed E-state index contributed by atoms with van der Waals surface area (Å²) < 4.78 is 3.71. The lowest BCUT2D eigenvalue weighted by Crippen LogP contribution is -2.29. The van der Waals surface area contributed by atoms with E-state index in [1.165, 1.54) is 24.9 Å². The van der Waals surface area contributed by atoms with Crippen molar-refractivity contribution in [3.63, 3.8) is 0 Å². The van der Waals surface area contributed by atoms with E-state index >= 15 is 0 Å². The molecule has 3 aromatic rings. The fourth-order valence-electron chi connectivity index (χ4n) is 3.32. The third-order valence-corrected chi connectivity index (χ3v) is 5.02. The zero-order chi connectivity index (χ0) is 19.9. The molecule has 2 heterocycles. The van der Waals surface area contributed by atoms with Crippen molar-refractivity contribution in [1.82, 2.24) is 29.9 Å². The van der Waals surface area contributed by atoms with Crippen molar-refractivity contribution >= 4 is 5.91 Å². The maximum Gasteiger partial charge on any atom is 0.272 e. The molecule has 0 saturated heterocycles. The number of hydrogen-bond donors (Lipinski definition) is 1. The molecular weight excluding hydrogens is 352 g/mol. The number of nitrogens with one attached hydrogen (secondary N) is 1. The van der Waals surface area contributed by atoms with Crippen LogP contribution in [0.4, 0.5) is 0 Å². The number of hydrogen-bond acceptors (Lipinski definition) is 4. The summed E-state index contributed by atoms with van der Waals surface area (Å²) in [6, 6.07) is 9.75. The van der Waals surface area contributed by atoms with Gasteiger partial charge in [-0.1, -0.05) is 12.1 Å². The van der Waals surface area contributed by atoms with Gasteiger partial charge >= 0.3 is 0 Å². The summed E-state index contributed by atoms with van der Waals surface area (Å²) in [5, 5.41) is 11.8. The molecule has 1 unspecified atom stereocenters. The Labute approximate surface area is 164 Å². The van der Waals surface area contributed by atoms with E-state index in [9.17, 15) is 4.79 Å². The first kappa shape index (κ1) is 18.4. The average molecular weight is 378 g/mol. The molecule has 1 saturated carbocycles. The third kappa shape index (κ3) is 3.69. The molecule has 0 aliphatic heterocycles. The highest BCUT2D eigenvalue weighted by molar-refractivity contribution is 5.92. The number of benzene rings is 1. The van der Waals surface area contributed by atoms with E-state index in [0.29, 0.717) is 11.6 Å². The fraction of sp³-hybridized carbons (Fsp3) is 0.429. The predicted octanol–water partition coefficient (Wildman–Crippen LogP) is 3.59. The van der Waals surface area contributed by atoms with Gasteiger partial charge < -0.3 is 5.32 Å². The van der Waals surface area contributed by atoms with Gasteiger partial charge in [0.2, 0.25) is 0 Å². The number of carbonyl (C=O) groups excluding carboxylic acids is 1. The molecule has 0 radical (unpaired) electrons. The van der Waals surface area contributed by atoms with Crippen molar-refractivity contribution in [2.75, 3.05) is 0 Å². The average Bonchev–Trinajstić information content (AvgIpc) is 3.18. The molecule has 1 fully saturated rings. The molecule has 2 aromatic heterocycles. The van der Waals surface area contributed by atoms with Crippen LogP contribution in [-0.2, 0) is 5.54 Å². The lowest BCUT2D eigenvalue weighted by Gasteiger charge is -2.22. The van der Waals surface area contributed by atoms with E-state index in [1.807, 2.05) is 41.9 Å². The zero-order valence-corrected chi connectivity index (χ0v) is 16.8. The second-order valence-electron chi connectivity index (χ2n) is 8.44. The van der Waals surface area contributed by atoms with Crippen LogP contribution in [0, 0.1) is 0 Å². The maximum atomic E-state index is 12.8. The van der Waals surface area contributed by atoms with Crippen LogP contribution in [0.2, 0.25) is 0 Å². The Kier molecular flexibility index (Phi) is 4.53. The second-order valence-corrected chi connectivity index (χ2v) is 8.44. The van der Waals surface area contributed by atoms with Crippen LogP contribution in [-0.4, -0.2) is 30.5 Å². The largest absolute Gasteiger partial charge is 0.344 e. The molecule has 1 aliphatic rings. The minimum absolute atomic E-state index is 0.124. The van der Waals surface area contributed by atoms with E-state index in [2.05, 4.69) is 41.3 Å². The van der Waals surface area contributed by atoms with Crippen LogP contribution in [0.5, 0.6) is 0 Å². The van der Waals surface area contributed by atoms with Gasteiger partial charge in [0.1, 0.15) is 18.3 Å². The number of nitrogens with zero attached hydrogens (tertiary/aromatic N) is 5. The second kappa shape index (κ2) is 6.89. The monoisotopic (exact) mass is 378 g/mol. The molecule has 28 heavy (non-hydrogen) atoms. The molecule has 1 aromatic carbocycles. The van der Waals surface area contributed by atoms with Gasteiger partial charge in [0.25, 0.3) is 5.91 Å². The summed E-state index contributed by atoms with van der Waals surface area (Å²) in [5.74, 6) is 0.396. The summed E-state index contributed by atoms with van der Waals surface area (Å²) in [7, 11) is 0. The molecule has 7 heteroatoms. The van der Waals surface area contributed by atoms with Gasteiger partial charge in [0.05, 0.1) is 17.3 Å². The molecular formula is C21H26N6O. The van der Waals surface area contributed by atoms with Crippen molar-refractivity contribution < 1.29 is 4.79 Å². The SMILES string of the molecule is CC(NC(=O)c1cc(C2CC2)n(C(C)(C)C)n1)c1ccc(-n2cncn2)cc1. The van der Waals surface area contributed by atoms with Gasteiger partial charge in [-0.05, 0) is 64.3 Å². The van der Waals surface area contributed by atoms with Gasteiger partial charge in [0.15, 0.2) is 0 Å². The molecule has 1 amide bonds. The van der Waals surface area contributed by atoms with Crippen LogP contribution >= 0.6 is 0 Å². The van der Waals surface area contributed by atoms with Crippen molar-refractivity contribution in [2.45, 2.75) is 58.0 Å². The summed E-state index contributed by atoms with van der Waals surface area (Å²) in [6.45, 7) is 8.33. The topological polar surface area (TPSA) is 77.6 Å². The lowest BCUT2D eigenvalue weighted by molar-refractivity contribution is 0.0933. The maximum absolute atomic E-state index is 12.8. The van der Waals surface area contributed by atoms with E-state index in [0.717, 1.165) is 11.3 Å². The van der Waals surface area contributed by atoms with E-state index in [-0.39, 0.29) is 17.5 Å². The van der Waals surface area contributed by atoms with Crippen molar-refractivity contribution in [3.05, 3.63) is 59.9 Å². The van der Waals surface area contributed by atoms with Gasteiger partial charge in [-0.2, -0.15) is 10.2 Å². The normalized spacial score (nSPS) is 15.4. The van der Waals surface area contributed by atoms with Gasteiger partial charge in [-0.3, -0.25) is 9.48 Å². The smallest absolute Gasteiger partial charge is 0.272 e. The van der Waals surface area contributed by atoms with Crippen LogP contribution in [0.15, 0.2) is 43.0 Å². The highest BCUT2D eigenvalue weighted by atomic mass is 16.2. The van der Waals surface area contributed by atoms with Gasteiger partial charge in [-0.25, -0.2) is 9.67 Å². The Morgan fingerprint density at radius 2 is 1.93 bits per heavy atom. The Balaban J connectivity index is 1.49. The first-order chi connectivity index (χ1) is 13.3. The number of aromatic nitrogens is 5. The first-order valence-corrected chi connectivity index (χ1v) is 9.69. The molecule has 4 rings (SSSR count). The number of carbonyl (C=O) groups is 1. The molecule has 0 spiro atoms. The highest BCUT2D eigenvalue weighted by Gasteiger charge is 2.32. The minimum Gasteiger partial charge on any atom is -0.344 e. The summed E-state index contributed by atoms with van der Waals surface area (Å²) in [5.41, 5.74) is 3.47. The number of rotatable bonds is 5. The third-order valence-electron chi connectivity index (χ3n) is 5.02. The van der Waals surface area contributed by atoms with E-state index in [1.54, 1.807) is 11.0 Å². The fourth-order valence-corrected chi connectivity index (χ4v) is 3.32. The van der Waals surface area contributed by atoms with Crippen LogP contribution in [0.25, 0.3) is 5.69 Å². The van der Waals surface area contributed by atoms with Gasteiger partial charge in [0, 0.05) is 11.6 Å². The quantitative estimate of drug-likeness (QED) is 0.736. The highest BCUT2D eigenvalue weighted by Crippen LogP contribution is 2.41. The van der Waals surface area contributed by atoms with Crippen molar-refractivity contribution in [3.8, 4) is 5.69 Å². The molecule has 1 N–H and O–H groups in total. The molecule has 0 bridgehead atoms. The summed E-state index contributed by atoms with van der Waals surface area (Å²) in [4.78, 5) is 16.8. The molecule has 1 aliphatic carbocycles. The van der Waals surface area contributed by atoms with E-state index < -0.39 is 0 Å². The van der Waals surface area contributed by atoms with Crippen LogP contribution in [0.1, 0.15) is 74.2 Å². The molecule has 146 valence electrons. The van der Waals surface area contributed by atoms with Crippen molar-refractivity contribution in [1.29, 1.82) is 0 Å². The minimum atomic E-state index is -0.141. The Bertz CT molecular complexity index is 961. The lowest BCUT2D eigenvalue weighted by atomic mass is 10.1. The molecule has 7 nitrogen and oxygen atoms in total. The van der Waals surface area contributed by atoms with Gasteiger partial charge in [-0.15, -0.1) is 0 Å². The van der Waals surface area contributed by atoms with Crippen molar-refractivity contribution in [2.24, 2.45) is 0 Å². The van der Waals surface area contributed by atoms with E-state index in [4.69, 9.17) is 0 Å². The summed E-state index contributed by atoms with van der Waals surface area (Å²) >= 11 is 0. The van der Waals surface area contributed by atoms with Crippen LogP contribution in [0.3, 0.4) is 0 Å². The Hall–Kier alpha value is -2.96. The first-order valence-electron chi connectivity index (χ1n) is 9.69. The Morgan fingerprint density at radius 1 is 1.21 bits per heavy atom. The van der Waals surface area contributed by atoms with Crippen LogP contribution < -0.4 is 5.32 Å². The summed E-state index contributed by atoms with van der Waals surface area (Å²) in [6.07, 6.45) is 5.52. The molecule has 1 atom stereocenters.